The number of para-hydroxylation sites is 2. The van der Waals surface area contributed by atoms with Gasteiger partial charge in [0.1, 0.15) is 5.75 Å². The Labute approximate surface area is 208 Å². The van der Waals surface area contributed by atoms with Crippen LogP contribution in [0.1, 0.15) is 17.8 Å². The van der Waals surface area contributed by atoms with E-state index < -0.39 is 9.84 Å². The second kappa shape index (κ2) is 10.1. The summed E-state index contributed by atoms with van der Waals surface area (Å²) in [7, 11) is -3.62. The van der Waals surface area contributed by atoms with Crippen molar-refractivity contribution in [2.75, 3.05) is 17.2 Å². The number of hydrogen-bond acceptors (Lipinski definition) is 6. The summed E-state index contributed by atoms with van der Waals surface area (Å²) < 4.78 is 27.8. The van der Waals surface area contributed by atoms with Crippen molar-refractivity contribution < 1.29 is 13.2 Å². The van der Waals surface area contributed by atoms with Gasteiger partial charge in [-0.25, -0.2) is 8.42 Å². The van der Waals surface area contributed by atoms with Crippen LogP contribution in [0.3, 0.4) is 0 Å². The monoisotopic (exact) mass is 504 g/mol. The molecule has 0 fully saturated rings. The highest BCUT2D eigenvalue weighted by Gasteiger charge is 2.25. The molecule has 9 heteroatoms. The van der Waals surface area contributed by atoms with Gasteiger partial charge in [-0.15, -0.1) is 10.2 Å². The molecule has 2 heterocycles. The standard InChI is InChI=1S/C26H24N4O3S2/c31-25(29-17-9-11-20-10-7-8-16-23(20)29)18-34-26-28-27-24(30(26)21-12-3-1-4-13-21)19-35(32,33)22-14-5-2-6-15-22/h1-8,10,12-16H,9,11,17-19H2. The maximum absolute atomic E-state index is 13.2. The molecule has 1 aromatic heterocycles. The number of carbonyl (C=O) groups is 1. The lowest BCUT2D eigenvalue weighted by Crippen LogP contribution is -2.36. The summed E-state index contributed by atoms with van der Waals surface area (Å²) in [4.78, 5) is 15.2. The first-order valence-electron chi connectivity index (χ1n) is 11.3. The fourth-order valence-corrected chi connectivity index (χ4v) is 6.31. The van der Waals surface area contributed by atoms with Crippen LogP contribution in [-0.2, 0) is 26.8 Å². The van der Waals surface area contributed by atoms with Crippen LogP contribution in [0.15, 0.2) is 95.0 Å². The minimum absolute atomic E-state index is 0.0109. The zero-order valence-electron chi connectivity index (χ0n) is 18.9. The molecule has 1 aliphatic rings. The Balaban J connectivity index is 1.41. The van der Waals surface area contributed by atoms with Crippen LogP contribution in [0.4, 0.5) is 5.69 Å². The summed E-state index contributed by atoms with van der Waals surface area (Å²) in [6.45, 7) is 0.683. The highest BCUT2D eigenvalue weighted by molar-refractivity contribution is 7.99. The number of aromatic nitrogens is 3. The van der Waals surface area contributed by atoms with Crippen molar-refractivity contribution in [1.82, 2.24) is 14.8 Å². The number of fused-ring (bicyclic) bond motifs is 1. The van der Waals surface area contributed by atoms with E-state index in [1.54, 1.807) is 34.9 Å². The molecule has 4 aromatic rings. The van der Waals surface area contributed by atoms with Gasteiger partial charge in [-0.3, -0.25) is 9.36 Å². The van der Waals surface area contributed by atoms with Gasteiger partial charge in [0, 0.05) is 17.9 Å². The van der Waals surface area contributed by atoms with Gasteiger partial charge in [0.15, 0.2) is 20.8 Å². The Morgan fingerprint density at radius 3 is 2.34 bits per heavy atom. The largest absolute Gasteiger partial charge is 0.311 e. The molecule has 35 heavy (non-hydrogen) atoms. The number of aryl methyl sites for hydroxylation is 1. The number of amides is 1. The molecular weight excluding hydrogens is 480 g/mol. The van der Waals surface area contributed by atoms with Crippen molar-refractivity contribution in [2.45, 2.75) is 28.6 Å². The van der Waals surface area contributed by atoms with Gasteiger partial charge in [0.05, 0.1) is 10.6 Å². The molecule has 0 atom stereocenters. The SMILES string of the molecule is O=C(CSc1nnc(CS(=O)(=O)c2ccccc2)n1-c1ccccc1)N1CCCc2ccccc21. The van der Waals surface area contributed by atoms with Gasteiger partial charge < -0.3 is 4.90 Å². The number of sulfone groups is 1. The zero-order chi connectivity index (χ0) is 24.3. The van der Waals surface area contributed by atoms with Crippen LogP contribution in [0.2, 0.25) is 0 Å². The first kappa shape index (κ1) is 23.3. The Morgan fingerprint density at radius 2 is 1.57 bits per heavy atom. The molecule has 3 aromatic carbocycles. The number of hydrogen-bond donors (Lipinski definition) is 0. The highest BCUT2D eigenvalue weighted by Crippen LogP contribution is 2.29. The minimum Gasteiger partial charge on any atom is -0.311 e. The maximum atomic E-state index is 13.2. The number of rotatable bonds is 7. The third kappa shape index (κ3) is 5.01. The smallest absolute Gasteiger partial charge is 0.237 e. The second-order valence-corrected chi connectivity index (χ2v) is 11.1. The lowest BCUT2D eigenvalue weighted by molar-refractivity contribution is -0.116. The average Bonchev–Trinajstić information content (AvgIpc) is 3.29. The molecule has 7 nitrogen and oxygen atoms in total. The van der Waals surface area contributed by atoms with Gasteiger partial charge in [-0.2, -0.15) is 0 Å². The quantitative estimate of drug-likeness (QED) is 0.349. The molecule has 0 saturated carbocycles. The molecule has 0 spiro atoms. The Morgan fingerprint density at radius 1 is 0.886 bits per heavy atom. The van der Waals surface area contributed by atoms with Crippen LogP contribution >= 0.6 is 11.8 Å². The molecule has 178 valence electrons. The summed E-state index contributed by atoms with van der Waals surface area (Å²) in [5.41, 5.74) is 2.88. The van der Waals surface area contributed by atoms with Crippen molar-refractivity contribution in [2.24, 2.45) is 0 Å². The molecule has 0 aliphatic carbocycles. The number of carbonyl (C=O) groups excluding carboxylic acids is 1. The van der Waals surface area contributed by atoms with E-state index in [-0.39, 0.29) is 22.3 Å². The lowest BCUT2D eigenvalue weighted by Gasteiger charge is -2.29. The normalized spacial score (nSPS) is 13.4. The van der Waals surface area contributed by atoms with Gasteiger partial charge in [0.25, 0.3) is 0 Å². The zero-order valence-corrected chi connectivity index (χ0v) is 20.6. The summed E-state index contributed by atoms with van der Waals surface area (Å²) in [6, 6.07) is 25.7. The number of thioether (sulfide) groups is 1. The topological polar surface area (TPSA) is 85.2 Å². The van der Waals surface area contributed by atoms with Gasteiger partial charge >= 0.3 is 0 Å². The molecule has 0 N–H and O–H groups in total. The van der Waals surface area contributed by atoms with Crippen LogP contribution in [0.5, 0.6) is 0 Å². The van der Waals surface area contributed by atoms with Crippen molar-refractivity contribution in [3.05, 3.63) is 96.3 Å². The summed E-state index contributed by atoms with van der Waals surface area (Å²) >= 11 is 1.26. The summed E-state index contributed by atoms with van der Waals surface area (Å²) in [6.07, 6.45) is 1.89. The van der Waals surface area contributed by atoms with Crippen LogP contribution < -0.4 is 4.90 Å². The molecule has 0 bridgehead atoms. The molecule has 5 rings (SSSR count). The van der Waals surface area contributed by atoms with Crippen LogP contribution in [-0.4, -0.2) is 41.4 Å². The predicted octanol–water partition coefficient (Wildman–Crippen LogP) is 4.31. The van der Waals surface area contributed by atoms with Crippen molar-refractivity contribution >= 4 is 33.2 Å². The third-order valence-corrected chi connectivity index (χ3v) is 8.41. The molecule has 0 radical (unpaired) electrons. The Hall–Kier alpha value is -3.43. The maximum Gasteiger partial charge on any atom is 0.237 e. The van der Waals surface area contributed by atoms with E-state index in [1.165, 1.54) is 17.3 Å². The summed E-state index contributed by atoms with van der Waals surface area (Å²) in [5, 5.41) is 8.97. The molecule has 1 amide bonds. The van der Waals surface area contributed by atoms with E-state index in [4.69, 9.17) is 0 Å². The Kier molecular flexibility index (Phi) is 6.70. The van der Waals surface area contributed by atoms with Crippen LogP contribution in [0.25, 0.3) is 5.69 Å². The highest BCUT2D eigenvalue weighted by atomic mass is 32.2. The molecule has 0 unspecified atom stereocenters. The van der Waals surface area contributed by atoms with E-state index in [9.17, 15) is 13.2 Å². The second-order valence-electron chi connectivity index (χ2n) is 8.21. The van der Waals surface area contributed by atoms with Gasteiger partial charge in [-0.1, -0.05) is 66.4 Å². The van der Waals surface area contributed by atoms with Crippen molar-refractivity contribution in [1.29, 1.82) is 0 Å². The first-order chi connectivity index (χ1) is 17.0. The van der Waals surface area contributed by atoms with Crippen molar-refractivity contribution in [3.8, 4) is 5.69 Å². The van der Waals surface area contributed by atoms with E-state index in [0.717, 1.165) is 24.2 Å². The molecule has 0 saturated heterocycles. The Bertz CT molecular complexity index is 1440. The minimum atomic E-state index is -3.62. The van der Waals surface area contributed by atoms with E-state index in [0.29, 0.717) is 17.5 Å². The van der Waals surface area contributed by atoms with E-state index in [2.05, 4.69) is 16.3 Å². The number of benzene rings is 3. The molecule has 1 aliphatic heterocycles. The van der Waals surface area contributed by atoms with Gasteiger partial charge in [-0.05, 0) is 48.7 Å². The predicted molar refractivity (Wildman–Crippen MR) is 137 cm³/mol. The van der Waals surface area contributed by atoms with Gasteiger partial charge in [0.2, 0.25) is 5.91 Å². The van der Waals surface area contributed by atoms with Crippen LogP contribution in [0, 0.1) is 0 Å². The first-order valence-corrected chi connectivity index (χ1v) is 14.0. The average molecular weight is 505 g/mol. The fourth-order valence-electron chi connectivity index (χ4n) is 4.20. The number of anilines is 1. The fraction of sp³-hybridized carbons (Fsp3) is 0.192. The summed E-state index contributed by atoms with van der Waals surface area (Å²) in [5.74, 6) is 0.166. The number of nitrogens with zero attached hydrogens (tertiary/aromatic N) is 4. The van der Waals surface area contributed by atoms with E-state index in [1.807, 2.05) is 53.4 Å². The van der Waals surface area contributed by atoms with Crippen molar-refractivity contribution in [3.63, 3.8) is 0 Å². The lowest BCUT2D eigenvalue weighted by atomic mass is 10.0. The third-order valence-electron chi connectivity index (χ3n) is 5.87. The molecular formula is C26H24N4O3S2. The van der Waals surface area contributed by atoms with E-state index >= 15 is 0 Å².